The van der Waals surface area contributed by atoms with Crippen molar-refractivity contribution in [1.82, 2.24) is 10.3 Å². The third kappa shape index (κ3) is 2.15. The third-order valence-electron chi connectivity index (χ3n) is 2.86. The quantitative estimate of drug-likeness (QED) is 0.820. The predicted octanol–water partition coefficient (Wildman–Crippen LogP) is 1.14. The van der Waals surface area contributed by atoms with Crippen molar-refractivity contribution in [2.45, 2.75) is 19.4 Å². The van der Waals surface area contributed by atoms with Crippen molar-refractivity contribution in [2.75, 3.05) is 24.5 Å². The van der Waals surface area contributed by atoms with Crippen LogP contribution in [0.5, 0.6) is 0 Å². The minimum atomic E-state index is 0.479. The molecular formula is C12H16N4. The summed E-state index contributed by atoms with van der Waals surface area (Å²) in [6, 6.07) is 6.39. The van der Waals surface area contributed by atoms with Gasteiger partial charge in [0.1, 0.15) is 11.8 Å². The standard InChI is InChI=1S/C12H16N4/c1-2-5-16(12-7-14-8-12)11-4-3-10(6-13)15-9-11/h3-4,9,12,14H,2,5,7-8H2,1H3. The van der Waals surface area contributed by atoms with Gasteiger partial charge in [0, 0.05) is 19.6 Å². The molecule has 0 atom stereocenters. The van der Waals surface area contributed by atoms with Gasteiger partial charge in [0.25, 0.3) is 0 Å². The molecule has 2 heterocycles. The molecule has 84 valence electrons. The molecule has 1 fully saturated rings. The van der Waals surface area contributed by atoms with E-state index in [9.17, 15) is 0 Å². The lowest BCUT2D eigenvalue weighted by Gasteiger charge is -2.39. The van der Waals surface area contributed by atoms with Crippen LogP contribution in [-0.4, -0.2) is 30.7 Å². The summed E-state index contributed by atoms with van der Waals surface area (Å²) in [5.41, 5.74) is 1.60. The van der Waals surface area contributed by atoms with Crippen LogP contribution in [0.15, 0.2) is 18.3 Å². The van der Waals surface area contributed by atoms with Gasteiger partial charge < -0.3 is 10.2 Å². The molecule has 16 heavy (non-hydrogen) atoms. The smallest absolute Gasteiger partial charge is 0.140 e. The summed E-state index contributed by atoms with van der Waals surface area (Å²) >= 11 is 0. The maximum absolute atomic E-state index is 8.70. The lowest BCUT2D eigenvalue weighted by Crippen LogP contribution is -2.57. The van der Waals surface area contributed by atoms with Gasteiger partial charge in [-0.25, -0.2) is 4.98 Å². The number of anilines is 1. The van der Waals surface area contributed by atoms with Crippen LogP contribution in [0.4, 0.5) is 5.69 Å². The molecule has 1 aromatic heterocycles. The van der Waals surface area contributed by atoms with Gasteiger partial charge in [-0.1, -0.05) is 6.92 Å². The van der Waals surface area contributed by atoms with E-state index in [4.69, 9.17) is 5.26 Å². The van der Waals surface area contributed by atoms with Gasteiger partial charge in [0.15, 0.2) is 0 Å². The molecule has 1 N–H and O–H groups in total. The molecule has 1 aromatic rings. The van der Waals surface area contributed by atoms with Crippen LogP contribution in [0.25, 0.3) is 0 Å². The topological polar surface area (TPSA) is 52.0 Å². The molecule has 0 saturated carbocycles. The molecule has 0 aromatic carbocycles. The van der Waals surface area contributed by atoms with Gasteiger partial charge in [0.2, 0.25) is 0 Å². The van der Waals surface area contributed by atoms with Crippen molar-refractivity contribution >= 4 is 5.69 Å². The Morgan fingerprint density at radius 2 is 2.38 bits per heavy atom. The number of nitriles is 1. The van der Waals surface area contributed by atoms with Crippen molar-refractivity contribution in [3.8, 4) is 6.07 Å². The summed E-state index contributed by atoms with van der Waals surface area (Å²) in [5, 5.41) is 12.0. The number of nitrogens with one attached hydrogen (secondary N) is 1. The van der Waals surface area contributed by atoms with Gasteiger partial charge in [0.05, 0.1) is 17.9 Å². The molecular weight excluding hydrogens is 200 g/mol. The first-order valence-corrected chi connectivity index (χ1v) is 5.68. The van der Waals surface area contributed by atoms with E-state index < -0.39 is 0 Å². The molecule has 0 aliphatic carbocycles. The second-order valence-electron chi connectivity index (χ2n) is 4.02. The lowest BCUT2D eigenvalue weighted by molar-refractivity contribution is 0.412. The van der Waals surface area contributed by atoms with E-state index >= 15 is 0 Å². The first-order valence-electron chi connectivity index (χ1n) is 5.68. The highest BCUT2D eigenvalue weighted by Crippen LogP contribution is 2.18. The summed E-state index contributed by atoms with van der Waals surface area (Å²) in [4.78, 5) is 6.48. The van der Waals surface area contributed by atoms with E-state index in [1.54, 1.807) is 12.3 Å². The van der Waals surface area contributed by atoms with E-state index in [-0.39, 0.29) is 0 Å². The third-order valence-corrected chi connectivity index (χ3v) is 2.86. The Hall–Kier alpha value is -1.60. The zero-order chi connectivity index (χ0) is 11.4. The van der Waals surface area contributed by atoms with Crippen molar-refractivity contribution in [3.05, 3.63) is 24.0 Å². The van der Waals surface area contributed by atoms with Gasteiger partial charge in [-0.15, -0.1) is 0 Å². The van der Waals surface area contributed by atoms with Crippen molar-refractivity contribution < 1.29 is 0 Å². The Balaban J connectivity index is 2.14. The Morgan fingerprint density at radius 3 is 2.81 bits per heavy atom. The molecule has 4 heteroatoms. The Kier molecular flexibility index (Phi) is 3.37. The molecule has 1 aliphatic rings. The molecule has 1 aliphatic heterocycles. The SMILES string of the molecule is CCCN(c1ccc(C#N)nc1)C1CNC1. The molecule has 0 bridgehead atoms. The first-order chi connectivity index (χ1) is 7.85. The number of hydrogen-bond acceptors (Lipinski definition) is 4. The summed E-state index contributed by atoms with van der Waals surface area (Å²) < 4.78 is 0. The lowest BCUT2D eigenvalue weighted by atomic mass is 10.1. The van der Waals surface area contributed by atoms with Crippen LogP contribution in [-0.2, 0) is 0 Å². The van der Waals surface area contributed by atoms with E-state index in [2.05, 4.69) is 22.1 Å². The zero-order valence-corrected chi connectivity index (χ0v) is 9.48. The van der Waals surface area contributed by atoms with E-state index in [1.165, 1.54) is 0 Å². The van der Waals surface area contributed by atoms with Crippen LogP contribution in [0.1, 0.15) is 19.0 Å². The van der Waals surface area contributed by atoms with E-state index in [1.807, 2.05) is 12.1 Å². The fraction of sp³-hybridized carbons (Fsp3) is 0.500. The number of aromatic nitrogens is 1. The van der Waals surface area contributed by atoms with Gasteiger partial charge >= 0.3 is 0 Å². The van der Waals surface area contributed by atoms with Crippen LogP contribution in [0.3, 0.4) is 0 Å². The number of rotatable bonds is 4. The maximum Gasteiger partial charge on any atom is 0.140 e. The molecule has 0 unspecified atom stereocenters. The molecule has 0 spiro atoms. The monoisotopic (exact) mass is 216 g/mol. The highest BCUT2D eigenvalue weighted by molar-refractivity contribution is 5.47. The fourth-order valence-electron chi connectivity index (χ4n) is 1.88. The average molecular weight is 216 g/mol. The van der Waals surface area contributed by atoms with Crippen LogP contribution in [0, 0.1) is 11.3 Å². The van der Waals surface area contributed by atoms with Gasteiger partial charge in [-0.05, 0) is 18.6 Å². The average Bonchev–Trinajstić information content (AvgIpc) is 2.26. The Morgan fingerprint density at radius 1 is 1.56 bits per heavy atom. The number of pyridine rings is 1. The molecule has 0 radical (unpaired) electrons. The highest BCUT2D eigenvalue weighted by Gasteiger charge is 2.24. The van der Waals surface area contributed by atoms with Crippen LogP contribution < -0.4 is 10.2 Å². The maximum atomic E-state index is 8.70. The molecule has 1 saturated heterocycles. The summed E-state index contributed by atoms with van der Waals surface area (Å²) in [6.45, 7) is 5.30. The Labute approximate surface area is 95.9 Å². The second-order valence-corrected chi connectivity index (χ2v) is 4.02. The molecule has 0 amide bonds. The van der Waals surface area contributed by atoms with Crippen molar-refractivity contribution in [2.24, 2.45) is 0 Å². The Bertz CT molecular complexity index is 375. The van der Waals surface area contributed by atoms with Crippen molar-refractivity contribution in [3.63, 3.8) is 0 Å². The number of hydrogen-bond donors (Lipinski definition) is 1. The predicted molar refractivity (Wildman–Crippen MR) is 63.2 cm³/mol. The second kappa shape index (κ2) is 4.95. The zero-order valence-electron chi connectivity index (χ0n) is 9.48. The minimum absolute atomic E-state index is 0.479. The summed E-state index contributed by atoms with van der Waals surface area (Å²) in [6.07, 6.45) is 2.92. The molecule has 4 nitrogen and oxygen atoms in total. The summed E-state index contributed by atoms with van der Waals surface area (Å²) in [5.74, 6) is 0. The van der Waals surface area contributed by atoms with Gasteiger partial charge in [-0.3, -0.25) is 0 Å². The van der Waals surface area contributed by atoms with E-state index in [0.717, 1.165) is 31.7 Å². The van der Waals surface area contributed by atoms with Crippen molar-refractivity contribution in [1.29, 1.82) is 5.26 Å². The minimum Gasteiger partial charge on any atom is -0.365 e. The summed E-state index contributed by atoms with van der Waals surface area (Å²) in [7, 11) is 0. The van der Waals surface area contributed by atoms with Crippen LogP contribution in [0.2, 0.25) is 0 Å². The number of nitrogens with zero attached hydrogens (tertiary/aromatic N) is 3. The van der Waals surface area contributed by atoms with Gasteiger partial charge in [-0.2, -0.15) is 5.26 Å². The fourth-order valence-corrected chi connectivity index (χ4v) is 1.88. The van der Waals surface area contributed by atoms with E-state index in [0.29, 0.717) is 11.7 Å². The first kappa shape index (κ1) is 10.9. The highest BCUT2D eigenvalue weighted by atomic mass is 15.2. The largest absolute Gasteiger partial charge is 0.365 e. The van der Waals surface area contributed by atoms with Crippen LogP contribution >= 0.6 is 0 Å². The molecule has 2 rings (SSSR count). The normalized spacial score (nSPS) is 15.2.